The van der Waals surface area contributed by atoms with Crippen LogP contribution in [0.15, 0.2) is 0 Å². The molecule has 0 N–H and O–H groups in total. The molecule has 1 nitrogen and oxygen atoms in total. The maximum atomic E-state index is 11.9. The van der Waals surface area contributed by atoms with Gasteiger partial charge in [0.25, 0.3) is 0 Å². The third-order valence-corrected chi connectivity index (χ3v) is 3.87. The third kappa shape index (κ3) is 1.30. The van der Waals surface area contributed by atoms with E-state index in [0.717, 1.165) is 12.8 Å². The van der Waals surface area contributed by atoms with Crippen LogP contribution in [0.4, 0.5) is 0 Å². The molecular weight excluding hydrogens is 148 g/mol. The molecule has 1 rings (SSSR count). The van der Waals surface area contributed by atoms with E-state index in [1.807, 2.05) is 0 Å². The second-order valence-electron chi connectivity index (χ2n) is 4.51. The van der Waals surface area contributed by atoms with Crippen molar-refractivity contribution in [3.8, 4) is 0 Å². The van der Waals surface area contributed by atoms with E-state index in [0.29, 0.717) is 17.6 Å². The van der Waals surface area contributed by atoms with E-state index < -0.39 is 0 Å². The minimum atomic E-state index is -0.0301. The van der Waals surface area contributed by atoms with E-state index in [-0.39, 0.29) is 5.41 Å². The number of ketones is 1. The summed E-state index contributed by atoms with van der Waals surface area (Å²) in [4.78, 5) is 11.9. The lowest BCUT2D eigenvalue weighted by Crippen LogP contribution is -2.41. The summed E-state index contributed by atoms with van der Waals surface area (Å²) in [6.45, 7) is 8.55. The van der Waals surface area contributed by atoms with Crippen molar-refractivity contribution in [1.29, 1.82) is 0 Å². The maximum Gasteiger partial charge on any atom is 0.141 e. The Hall–Kier alpha value is -0.330. The number of carbonyl (C=O) groups is 1. The molecule has 0 aromatic rings. The van der Waals surface area contributed by atoms with Crippen LogP contribution < -0.4 is 0 Å². The largest absolute Gasteiger partial charge is 0.299 e. The monoisotopic (exact) mass is 168 g/mol. The Morgan fingerprint density at radius 2 is 2.00 bits per heavy atom. The second-order valence-corrected chi connectivity index (χ2v) is 4.51. The zero-order chi connectivity index (χ0) is 9.35. The minimum Gasteiger partial charge on any atom is -0.299 e. The van der Waals surface area contributed by atoms with Crippen molar-refractivity contribution in [2.45, 2.75) is 47.0 Å². The molecule has 0 aliphatic heterocycles. The van der Waals surface area contributed by atoms with E-state index in [1.165, 1.54) is 6.42 Å². The number of hydrogen-bond donors (Lipinski definition) is 0. The number of hydrogen-bond acceptors (Lipinski definition) is 1. The van der Waals surface area contributed by atoms with Crippen molar-refractivity contribution in [1.82, 2.24) is 0 Å². The summed E-state index contributed by atoms with van der Waals surface area (Å²) in [6, 6.07) is 0. The molecule has 0 aromatic carbocycles. The van der Waals surface area contributed by atoms with Crippen LogP contribution >= 0.6 is 0 Å². The van der Waals surface area contributed by atoms with Gasteiger partial charge in [-0.2, -0.15) is 0 Å². The van der Waals surface area contributed by atoms with Gasteiger partial charge in [-0.3, -0.25) is 4.79 Å². The Labute approximate surface area is 75.5 Å². The van der Waals surface area contributed by atoms with Crippen LogP contribution in [0.2, 0.25) is 0 Å². The van der Waals surface area contributed by atoms with Crippen LogP contribution in [-0.4, -0.2) is 5.78 Å². The SMILES string of the molecule is CC[C@@]1(C)C(=O)C(C)CC[C@@H]1C. The van der Waals surface area contributed by atoms with E-state index in [1.54, 1.807) is 0 Å². The second kappa shape index (κ2) is 3.20. The standard InChI is InChI=1S/C11H20O/c1-5-11(4)9(3)7-6-8(2)10(11)12/h8-9H,5-7H2,1-4H3/t8?,9-,11+/m0/s1. The molecule has 0 aromatic heterocycles. The van der Waals surface area contributed by atoms with E-state index >= 15 is 0 Å². The number of Topliss-reactive ketones (excluding diaryl/α,β-unsaturated/α-hetero) is 1. The summed E-state index contributed by atoms with van der Waals surface area (Å²) in [6.07, 6.45) is 3.31. The summed E-state index contributed by atoms with van der Waals surface area (Å²) in [5, 5.41) is 0. The van der Waals surface area contributed by atoms with Gasteiger partial charge in [0.1, 0.15) is 5.78 Å². The fourth-order valence-corrected chi connectivity index (χ4v) is 2.28. The summed E-state index contributed by atoms with van der Waals surface area (Å²) in [5.74, 6) is 1.36. The molecule has 0 spiro atoms. The molecule has 0 amide bonds. The minimum absolute atomic E-state index is 0.0301. The topological polar surface area (TPSA) is 17.1 Å². The predicted molar refractivity (Wildman–Crippen MR) is 51.0 cm³/mol. The van der Waals surface area contributed by atoms with Gasteiger partial charge in [-0.1, -0.05) is 27.7 Å². The Morgan fingerprint density at radius 1 is 1.42 bits per heavy atom. The van der Waals surface area contributed by atoms with Gasteiger partial charge in [0.05, 0.1) is 0 Å². The van der Waals surface area contributed by atoms with Gasteiger partial charge in [0.15, 0.2) is 0 Å². The average molecular weight is 168 g/mol. The van der Waals surface area contributed by atoms with Crippen molar-refractivity contribution in [2.24, 2.45) is 17.3 Å². The van der Waals surface area contributed by atoms with Crippen molar-refractivity contribution in [2.75, 3.05) is 0 Å². The summed E-state index contributed by atoms with van der Waals surface area (Å²) >= 11 is 0. The Kier molecular flexibility index (Phi) is 2.60. The molecule has 1 aliphatic rings. The molecule has 0 heterocycles. The van der Waals surface area contributed by atoms with Crippen LogP contribution in [0.1, 0.15) is 47.0 Å². The highest BCUT2D eigenvalue weighted by molar-refractivity contribution is 5.87. The van der Waals surface area contributed by atoms with Crippen molar-refractivity contribution >= 4 is 5.78 Å². The third-order valence-electron chi connectivity index (χ3n) is 3.87. The van der Waals surface area contributed by atoms with Crippen LogP contribution in [-0.2, 0) is 4.79 Å². The molecule has 0 radical (unpaired) electrons. The lowest BCUT2D eigenvalue weighted by Gasteiger charge is -2.40. The van der Waals surface area contributed by atoms with Gasteiger partial charge in [0.2, 0.25) is 0 Å². The molecule has 1 heteroatoms. The Balaban J connectivity index is 2.86. The first-order valence-electron chi connectivity index (χ1n) is 5.06. The van der Waals surface area contributed by atoms with Crippen molar-refractivity contribution in [3.63, 3.8) is 0 Å². The van der Waals surface area contributed by atoms with Crippen molar-refractivity contribution < 1.29 is 4.79 Å². The van der Waals surface area contributed by atoms with Gasteiger partial charge < -0.3 is 0 Å². The zero-order valence-electron chi connectivity index (χ0n) is 8.68. The number of rotatable bonds is 1. The highest BCUT2D eigenvalue weighted by Crippen LogP contribution is 2.42. The Bertz CT molecular complexity index is 185. The molecule has 12 heavy (non-hydrogen) atoms. The van der Waals surface area contributed by atoms with Crippen LogP contribution in [0.25, 0.3) is 0 Å². The summed E-state index contributed by atoms with van der Waals surface area (Å²) < 4.78 is 0. The van der Waals surface area contributed by atoms with Crippen LogP contribution in [0.5, 0.6) is 0 Å². The molecular formula is C11H20O. The van der Waals surface area contributed by atoms with Gasteiger partial charge in [0, 0.05) is 11.3 Å². The Morgan fingerprint density at radius 3 is 2.42 bits per heavy atom. The lowest BCUT2D eigenvalue weighted by molar-refractivity contribution is -0.138. The van der Waals surface area contributed by atoms with Crippen LogP contribution in [0, 0.1) is 17.3 Å². The predicted octanol–water partition coefficient (Wildman–Crippen LogP) is 3.04. The first-order valence-corrected chi connectivity index (χ1v) is 5.06. The highest BCUT2D eigenvalue weighted by atomic mass is 16.1. The van der Waals surface area contributed by atoms with Crippen molar-refractivity contribution in [3.05, 3.63) is 0 Å². The summed E-state index contributed by atoms with van der Waals surface area (Å²) in [5.41, 5.74) is -0.0301. The highest BCUT2D eigenvalue weighted by Gasteiger charge is 2.42. The lowest BCUT2D eigenvalue weighted by atomic mass is 9.63. The van der Waals surface area contributed by atoms with Gasteiger partial charge in [-0.15, -0.1) is 0 Å². The van der Waals surface area contributed by atoms with E-state index in [4.69, 9.17) is 0 Å². The molecule has 1 unspecified atom stereocenters. The molecule has 1 aliphatic carbocycles. The normalized spacial score (nSPS) is 43.2. The average Bonchev–Trinajstić information content (AvgIpc) is 2.08. The molecule has 0 saturated heterocycles. The fraction of sp³-hybridized carbons (Fsp3) is 0.909. The van der Waals surface area contributed by atoms with Crippen LogP contribution in [0.3, 0.4) is 0 Å². The van der Waals surface area contributed by atoms with Gasteiger partial charge in [-0.25, -0.2) is 0 Å². The smallest absolute Gasteiger partial charge is 0.141 e. The van der Waals surface area contributed by atoms with E-state index in [9.17, 15) is 4.79 Å². The molecule has 3 atom stereocenters. The van der Waals surface area contributed by atoms with E-state index in [2.05, 4.69) is 27.7 Å². The zero-order valence-corrected chi connectivity index (χ0v) is 8.68. The summed E-state index contributed by atoms with van der Waals surface area (Å²) in [7, 11) is 0. The molecule has 1 saturated carbocycles. The van der Waals surface area contributed by atoms with Gasteiger partial charge in [-0.05, 0) is 25.2 Å². The molecule has 70 valence electrons. The quantitative estimate of drug-likeness (QED) is 0.588. The van der Waals surface area contributed by atoms with Gasteiger partial charge >= 0.3 is 0 Å². The first-order chi connectivity index (χ1) is 5.52. The molecule has 0 bridgehead atoms. The fourth-order valence-electron chi connectivity index (χ4n) is 2.28. The molecule has 1 fully saturated rings. The first kappa shape index (κ1) is 9.76. The number of carbonyl (C=O) groups excluding carboxylic acids is 1. The maximum absolute atomic E-state index is 11.9.